The minimum absolute atomic E-state index is 0.0892. The van der Waals surface area contributed by atoms with Crippen molar-refractivity contribution in [3.63, 3.8) is 0 Å². The Labute approximate surface area is 129 Å². The Balaban J connectivity index is 2.32. The summed E-state index contributed by atoms with van der Waals surface area (Å²) in [5, 5.41) is 22.0. The van der Waals surface area contributed by atoms with E-state index < -0.39 is 17.6 Å². The molecule has 2 rings (SSSR count). The highest BCUT2D eigenvalue weighted by Gasteiger charge is 2.22. The van der Waals surface area contributed by atoms with Crippen molar-refractivity contribution < 1.29 is 26.5 Å². The fourth-order valence-corrected chi connectivity index (χ4v) is 2.84. The SMILES string of the molecule is Cc1c(OS(=O)(=O)F)cc(CN2CCNCC2)cc1B(O)O. The Hall–Kier alpha value is -1.20. The third-order valence-corrected chi connectivity index (χ3v) is 3.92. The first-order valence-corrected chi connectivity index (χ1v) is 8.14. The molecule has 22 heavy (non-hydrogen) atoms. The number of piperazine rings is 1. The Bertz CT molecular complexity index is 635. The molecule has 122 valence electrons. The molecule has 1 saturated heterocycles. The first-order chi connectivity index (χ1) is 10.3. The van der Waals surface area contributed by atoms with Crippen molar-refractivity contribution >= 4 is 23.1 Å². The molecule has 1 heterocycles. The molecular formula is C12H18BFN2O5S. The highest BCUT2D eigenvalue weighted by atomic mass is 32.3. The van der Waals surface area contributed by atoms with Crippen LogP contribution in [-0.2, 0) is 17.0 Å². The van der Waals surface area contributed by atoms with Gasteiger partial charge in [-0.2, -0.15) is 8.42 Å². The number of hydrogen-bond donors (Lipinski definition) is 3. The normalized spacial score (nSPS) is 16.5. The minimum atomic E-state index is -5.18. The molecule has 0 bridgehead atoms. The van der Waals surface area contributed by atoms with E-state index in [1.165, 1.54) is 13.0 Å². The summed E-state index contributed by atoms with van der Waals surface area (Å²) in [4.78, 5) is 2.11. The minimum Gasteiger partial charge on any atom is -0.423 e. The summed E-state index contributed by atoms with van der Waals surface area (Å²) < 4.78 is 38.5. The van der Waals surface area contributed by atoms with E-state index in [9.17, 15) is 22.4 Å². The molecule has 1 aromatic rings. The van der Waals surface area contributed by atoms with Crippen LogP contribution in [-0.4, -0.2) is 56.7 Å². The lowest BCUT2D eigenvalue weighted by Gasteiger charge is -2.27. The first-order valence-electron chi connectivity index (χ1n) is 6.83. The molecule has 0 spiro atoms. The van der Waals surface area contributed by atoms with Gasteiger partial charge in [0, 0.05) is 32.7 Å². The zero-order valence-electron chi connectivity index (χ0n) is 12.1. The van der Waals surface area contributed by atoms with E-state index in [1.54, 1.807) is 6.07 Å². The molecule has 1 aliphatic heterocycles. The van der Waals surface area contributed by atoms with E-state index in [1.807, 2.05) is 0 Å². The lowest BCUT2D eigenvalue weighted by molar-refractivity contribution is 0.233. The predicted octanol–water partition coefficient (Wildman–Crippen LogP) is -1.33. The maximum atomic E-state index is 12.8. The smallest absolute Gasteiger partial charge is 0.423 e. The highest BCUT2D eigenvalue weighted by molar-refractivity contribution is 7.81. The highest BCUT2D eigenvalue weighted by Crippen LogP contribution is 2.22. The van der Waals surface area contributed by atoms with E-state index in [0.717, 1.165) is 26.2 Å². The maximum Gasteiger partial charge on any atom is 0.488 e. The van der Waals surface area contributed by atoms with Crippen LogP contribution in [0.3, 0.4) is 0 Å². The summed E-state index contributed by atoms with van der Waals surface area (Å²) >= 11 is 0. The molecule has 1 aliphatic rings. The van der Waals surface area contributed by atoms with Crippen LogP contribution in [0.2, 0.25) is 0 Å². The molecule has 0 aromatic heterocycles. The fraction of sp³-hybridized carbons (Fsp3) is 0.500. The van der Waals surface area contributed by atoms with Crippen LogP contribution in [0, 0.1) is 6.92 Å². The molecular weight excluding hydrogens is 314 g/mol. The van der Waals surface area contributed by atoms with E-state index in [4.69, 9.17) is 0 Å². The Kier molecular flexibility index (Phi) is 5.40. The monoisotopic (exact) mass is 332 g/mol. The van der Waals surface area contributed by atoms with E-state index >= 15 is 0 Å². The van der Waals surface area contributed by atoms with Gasteiger partial charge in [-0.3, -0.25) is 4.90 Å². The molecule has 0 aliphatic carbocycles. The number of hydrogen-bond acceptors (Lipinski definition) is 7. The van der Waals surface area contributed by atoms with Gasteiger partial charge in [-0.05, 0) is 29.6 Å². The van der Waals surface area contributed by atoms with Gasteiger partial charge in [0.15, 0.2) is 0 Å². The van der Waals surface area contributed by atoms with Gasteiger partial charge in [0.1, 0.15) is 5.75 Å². The molecule has 0 amide bonds. The van der Waals surface area contributed by atoms with Crippen molar-refractivity contribution in [1.29, 1.82) is 0 Å². The zero-order chi connectivity index (χ0) is 16.3. The number of benzene rings is 1. The molecule has 7 nitrogen and oxygen atoms in total. The van der Waals surface area contributed by atoms with Crippen LogP contribution in [0.1, 0.15) is 11.1 Å². The van der Waals surface area contributed by atoms with Crippen LogP contribution >= 0.6 is 0 Å². The lowest BCUT2D eigenvalue weighted by Crippen LogP contribution is -2.43. The van der Waals surface area contributed by atoms with Crippen molar-refractivity contribution in [1.82, 2.24) is 10.2 Å². The molecule has 3 N–H and O–H groups in total. The second-order valence-electron chi connectivity index (χ2n) is 5.18. The molecule has 0 radical (unpaired) electrons. The third kappa shape index (κ3) is 4.65. The van der Waals surface area contributed by atoms with Gasteiger partial charge < -0.3 is 19.5 Å². The number of nitrogens with zero attached hydrogens (tertiary/aromatic N) is 1. The second-order valence-corrected chi connectivity index (χ2v) is 6.14. The van der Waals surface area contributed by atoms with Crippen LogP contribution in [0.15, 0.2) is 12.1 Å². The number of rotatable bonds is 5. The predicted molar refractivity (Wildman–Crippen MR) is 79.8 cm³/mol. The molecule has 1 fully saturated rings. The summed E-state index contributed by atoms with van der Waals surface area (Å²) in [6.45, 7) is 5.20. The van der Waals surface area contributed by atoms with Crippen molar-refractivity contribution in [3.05, 3.63) is 23.3 Å². The topological polar surface area (TPSA) is 99.1 Å². The quantitative estimate of drug-likeness (QED) is 0.454. The Morgan fingerprint density at radius 2 is 2.00 bits per heavy atom. The van der Waals surface area contributed by atoms with Gasteiger partial charge >= 0.3 is 17.6 Å². The molecule has 10 heteroatoms. The standard InChI is InChI=1S/C12H18BFN2O5S/c1-9-11(13(17)18)6-10(7-12(9)21-22(14,19)20)8-16-4-2-15-3-5-16/h6-7,15,17-18H,2-5,8H2,1H3. The average Bonchev–Trinajstić information content (AvgIpc) is 2.41. The van der Waals surface area contributed by atoms with Crippen molar-refractivity contribution in [2.75, 3.05) is 26.2 Å². The van der Waals surface area contributed by atoms with Crippen molar-refractivity contribution in [2.24, 2.45) is 0 Å². The summed E-state index contributed by atoms with van der Waals surface area (Å²) in [6, 6.07) is 2.96. The summed E-state index contributed by atoms with van der Waals surface area (Å²) in [5.41, 5.74) is 0.876. The first kappa shape index (κ1) is 17.2. The average molecular weight is 332 g/mol. The molecule has 0 saturated carbocycles. The van der Waals surface area contributed by atoms with Gasteiger partial charge in [-0.1, -0.05) is 9.95 Å². The van der Waals surface area contributed by atoms with Crippen molar-refractivity contribution in [2.45, 2.75) is 13.5 Å². The fourth-order valence-electron chi connectivity index (χ4n) is 2.45. The van der Waals surface area contributed by atoms with Crippen molar-refractivity contribution in [3.8, 4) is 5.75 Å². The van der Waals surface area contributed by atoms with Gasteiger partial charge in [0.25, 0.3) is 0 Å². The van der Waals surface area contributed by atoms with Gasteiger partial charge in [0.2, 0.25) is 0 Å². The zero-order valence-corrected chi connectivity index (χ0v) is 12.9. The Morgan fingerprint density at radius 1 is 1.36 bits per heavy atom. The molecule has 0 atom stereocenters. The van der Waals surface area contributed by atoms with Gasteiger partial charge in [0.05, 0.1) is 0 Å². The summed E-state index contributed by atoms with van der Waals surface area (Å²) in [7, 11) is -6.98. The number of nitrogens with one attached hydrogen (secondary N) is 1. The third-order valence-electron chi connectivity index (χ3n) is 3.54. The summed E-state index contributed by atoms with van der Waals surface area (Å²) in [6.07, 6.45) is 0. The largest absolute Gasteiger partial charge is 0.488 e. The van der Waals surface area contributed by atoms with Gasteiger partial charge in [-0.15, -0.1) is 0 Å². The number of halogens is 1. The van der Waals surface area contributed by atoms with Crippen LogP contribution in [0.5, 0.6) is 5.75 Å². The van der Waals surface area contributed by atoms with Crippen LogP contribution in [0.4, 0.5) is 3.89 Å². The molecule has 1 aromatic carbocycles. The Morgan fingerprint density at radius 3 is 2.55 bits per heavy atom. The lowest BCUT2D eigenvalue weighted by atomic mass is 9.76. The second kappa shape index (κ2) is 6.92. The van der Waals surface area contributed by atoms with E-state index in [-0.39, 0.29) is 16.8 Å². The van der Waals surface area contributed by atoms with Crippen LogP contribution < -0.4 is 15.0 Å². The maximum absolute atomic E-state index is 12.8. The van der Waals surface area contributed by atoms with E-state index in [2.05, 4.69) is 14.4 Å². The molecule has 0 unspecified atom stereocenters. The van der Waals surface area contributed by atoms with E-state index in [0.29, 0.717) is 12.1 Å². The van der Waals surface area contributed by atoms with Crippen LogP contribution in [0.25, 0.3) is 0 Å². The summed E-state index contributed by atoms with van der Waals surface area (Å²) in [5.74, 6) is -0.238. The van der Waals surface area contributed by atoms with Gasteiger partial charge in [-0.25, -0.2) is 0 Å².